The molecule has 27 heavy (non-hydrogen) atoms. The van der Waals surface area contributed by atoms with E-state index in [9.17, 15) is 4.79 Å². The third-order valence-corrected chi connectivity index (χ3v) is 5.11. The fraction of sp³-hybridized carbons (Fsp3) is 0.292. The minimum absolute atomic E-state index is 0.0700. The topological polar surface area (TPSA) is 38.3 Å². The summed E-state index contributed by atoms with van der Waals surface area (Å²) in [5.74, 6) is 0.583. The molecule has 0 unspecified atom stereocenters. The number of hydrogen-bond donors (Lipinski definition) is 1. The highest BCUT2D eigenvalue weighted by Gasteiger charge is 2.19. The molecule has 0 fully saturated rings. The molecule has 0 saturated carbocycles. The van der Waals surface area contributed by atoms with Gasteiger partial charge < -0.3 is 10.1 Å². The van der Waals surface area contributed by atoms with E-state index in [-0.39, 0.29) is 11.9 Å². The van der Waals surface area contributed by atoms with Crippen molar-refractivity contribution in [1.29, 1.82) is 0 Å². The molecule has 0 aromatic heterocycles. The number of benzene rings is 3. The molecule has 0 aliphatic carbocycles. The summed E-state index contributed by atoms with van der Waals surface area (Å²) in [4.78, 5) is 12.6. The van der Waals surface area contributed by atoms with Crippen molar-refractivity contribution in [2.75, 3.05) is 0 Å². The fourth-order valence-corrected chi connectivity index (χ4v) is 3.36. The molecule has 140 valence electrons. The van der Waals surface area contributed by atoms with Gasteiger partial charge in [0.2, 0.25) is 0 Å². The van der Waals surface area contributed by atoms with Gasteiger partial charge in [0, 0.05) is 0 Å². The van der Waals surface area contributed by atoms with Gasteiger partial charge in [-0.2, -0.15) is 0 Å². The molecule has 3 aromatic carbocycles. The Morgan fingerprint density at radius 2 is 1.52 bits per heavy atom. The van der Waals surface area contributed by atoms with Crippen molar-refractivity contribution in [2.45, 2.75) is 46.8 Å². The zero-order chi connectivity index (χ0) is 19.6. The molecule has 3 heteroatoms. The van der Waals surface area contributed by atoms with E-state index in [2.05, 4.69) is 44.3 Å². The van der Waals surface area contributed by atoms with Crippen LogP contribution in [0.15, 0.2) is 54.6 Å². The summed E-state index contributed by atoms with van der Waals surface area (Å²) in [6.45, 7) is 10.1. The molecule has 0 saturated heterocycles. The number of ether oxygens (including phenoxy) is 1. The summed E-state index contributed by atoms with van der Waals surface area (Å²) in [5, 5.41) is 5.33. The molecule has 0 heterocycles. The van der Waals surface area contributed by atoms with Gasteiger partial charge in [0.1, 0.15) is 5.75 Å². The molecular formula is C24H27NO2. The lowest BCUT2D eigenvalue weighted by molar-refractivity contribution is -0.127. The third kappa shape index (κ3) is 4.30. The molecule has 1 amide bonds. The van der Waals surface area contributed by atoms with Crippen molar-refractivity contribution < 1.29 is 9.53 Å². The van der Waals surface area contributed by atoms with Crippen LogP contribution in [0.25, 0.3) is 10.8 Å². The van der Waals surface area contributed by atoms with E-state index in [4.69, 9.17) is 4.74 Å². The molecule has 3 rings (SSSR count). The highest BCUT2D eigenvalue weighted by atomic mass is 16.5. The normalized spacial score (nSPS) is 13.2. The SMILES string of the molecule is Cc1cc(C)c([C@@H](C)NC(=O)[C@H](C)Oc2ccc3ccccc3c2)cc1C. The van der Waals surface area contributed by atoms with E-state index in [0.29, 0.717) is 5.75 Å². The quantitative estimate of drug-likeness (QED) is 0.660. The van der Waals surface area contributed by atoms with Crippen LogP contribution in [-0.4, -0.2) is 12.0 Å². The molecule has 0 aliphatic rings. The second-order valence-corrected chi connectivity index (χ2v) is 7.29. The highest BCUT2D eigenvalue weighted by Crippen LogP contribution is 2.23. The second kappa shape index (κ2) is 7.83. The van der Waals surface area contributed by atoms with Gasteiger partial charge in [-0.3, -0.25) is 4.79 Å². The zero-order valence-electron chi connectivity index (χ0n) is 16.7. The van der Waals surface area contributed by atoms with Crippen LogP contribution in [0.2, 0.25) is 0 Å². The lowest BCUT2D eigenvalue weighted by atomic mass is 9.96. The summed E-state index contributed by atoms with van der Waals surface area (Å²) in [5.41, 5.74) is 4.83. The first-order valence-corrected chi connectivity index (χ1v) is 9.38. The first kappa shape index (κ1) is 19.0. The summed E-state index contributed by atoms with van der Waals surface area (Å²) in [6, 6.07) is 18.2. The standard InChI is InChI=1S/C24H27NO2/c1-15-12-17(3)23(13-16(15)2)18(4)25-24(26)19(5)27-22-11-10-20-8-6-7-9-21(20)14-22/h6-14,18-19H,1-5H3,(H,25,26)/t18-,19+/m1/s1. The highest BCUT2D eigenvalue weighted by molar-refractivity contribution is 5.84. The second-order valence-electron chi connectivity index (χ2n) is 7.29. The molecule has 0 radical (unpaired) electrons. The van der Waals surface area contributed by atoms with Crippen LogP contribution in [0.3, 0.4) is 0 Å². The maximum Gasteiger partial charge on any atom is 0.261 e. The maximum atomic E-state index is 12.6. The Balaban J connectivity index is 1.68. The first-order chi connectivity index (χ1) is 12.8. The first-order valence-electron chi connectivity index (χ1n) is 9.38. The van der Waals surface area contributed by atoms with E-state index in [1.165, 1.54) is 16.7 Å². The summed E-state index contributed by atoms with van der Waals surface area (Å²) in [6.07, 6.45) is -0.569. The number of carbonyl (C=O) groups is 1. The number of fused-ring (bicyclic) bond motifs is 1. The van der Waals surface area contributed by atoms with Crippen LogP contribution in [0, 0.1) is 20.8 Å². The van der Waals surface area contributed by atoms with Crippen molar-refractivity contribution in [1.82, 2.24) is 5.32 Å². The third-order valence-electron chi connectivity index (χ3n) is 5.11. The molecule has 3 nitrogen and oxygen atoms in total. The minimum Gasteiger partial charge on any atom is -0.481 e. The Morgan fingerprint density at radius 1 is 0.852 bits per heavy atom. The van der Waals surface area contributed by atoms with Gasteiger partial charge in [0.05, 0.1) is 6.04 Å². The largest absolute Gasteiger partial charge is 0.481 e. The smallest absolute Gasteiger partial charge is 0.261 e. The Hall–Kier alpha value is -2.81. The molecule has 3 aromatic rings. The van der Waals surface area contributed by atoms with Gasteiger partial charge in [-0.25, -0.2) is 0 Å². The Bertz CT molecular complexity index is 977. The van der Waals surface area contributed by atoms with Crippen LogP contribution in [0.1, 0.15) is 42.1 Å². The van der Waals surface area contributed by atoms with E-state index in [1.807, 2.05) is 43.3 Å². The van der Waals surface area contributed by atoms with Gasteiger partial charge in [-0.05, 0) is 79.8 Å². The predicted octanol–water partition coefficient (Wildman–Crippen LogP) is 5.41. The lowest BCUT2D eigenvalue weighted by Gasteiger charge is -2.21. The Morgan fingerprint density at radius 3 is 2.26 bits per heavy atom. The van der Waals surface area contributed by atoms with Gasteiger partial charge in [0.25, 0.3) is 5.91 Å². The number of amides is 1. The predicted molar refractivity (Wildman–Crippen MR) is 111 cm³/mol. The number of hydrogen-bond acceptors (Lipinski definition) is 2. The average Bonchev–Trinajstić information content (AvgIpc) is 2.64. The lowest BCUT2D eigenvalue weighted by Crippen LogP contribution is -2.38. The fourth-order valence-electron chi connectivity index (χ4n) is 3.36. The summed E-state index contributed by atoms with van der Waals surface area (Å²) < 4.78 is 5.88. The van der Waals surface area contributed by atoms with Crippen LogP contribution in [0.4, 0.5) is 0 Å². The van der Waals surface area contributed by atoms with Crippen molar-refractivity contribution in [2.24, 2.45) is 0 Å². The minimum atomic E-state index is -0.569. The van der Waals surface area contributed by atoms with Crippen LogP contribution in [0.5, 0.6) is 5.75 Å². The maximum absolute atomic E-state index is 12.6. The van der Waals surface area contributed by atoms with E-state index in [1.54, 1.807) is 6.92 Å². The average molecular weight is 361 g/mol. The number of carbonyl (C=O) groups excluding carboxylic acids is 1. The van der Waals surface area contributed by atoms with E-state index < -0.39 is 6.10 Å². The molecule has 2 atom stereocenters. The molecule has 0 aliphatic heterocycles. The van der Waals surface area contributed by atoms with Crippen molar-refractivity contribution >= 4 is 16.7 Å². The van der Waals surface area contributed by atoms with Crippen molar-refractivity contribution in [3.8, 4) is 5.75 Å². The molecule has 0 spiro atoms. The van der Waals surface area contributed by atoms with E-state index in [0.717, 1.165) is 16.3 Å². The van der Waals surface area contributed by atoms with Gasteiger partial charge in [0.15, 0.2) is 6.10 Å². The molecular weight excluding hydrogens is 334 g/mol. The number of nitrogens with one attached hydrogen (secondary N) is 1. The molecule has 0 bridgehead atoms. The zero-order valence-corrected chi connectivity index (χ0v) is 16.7. The van der Waals surface area contributed by atoms with Crippen LogP contribution < -0.4 is 10.1 Å². The molecule has 1 N–H and O–H groups in total. The van der Waals surface area contributed by atoms with Gasteiger partial charge in [-0.1, -0.05) is 42.5 Å². The number of rotatable bonds is 5. The Labute approximate surface area is 161 Å². The Kier molecular flexibility index (Phi) is 5.50. The number of aryl methyl sites for hydroxylation is 3. The monoisotopic (exact) mass is 361 g/mol. The summed E-state index contributed by atoms with van der Waals surface area (Å²) >= 11 is 0. The van der Waals surface area contributed by atoms with Crippen molar-refractivity contribution in [3.05, 3.63) is 76.9 Å². The van der Waals surface area contributed by atoms with Gasteiger partial charge in [-0.15, -0.1) is 0 Å². The van der Waals surface area contributed by atoms with Crippen LogP contribution in [-0.2, 0) is 4.79 Å². The summed E-state index contributed by atoms with van der Waals surface area (Å²) in [7, 11) is 0. The van der Waals surface area contributed by atoms with Gasteiger partial charge >= 0.3 is 0 Å². The van der Waals surface area contributed by atoms with E-state index >= 15 is 0 Å². The van der Waals surface area contributed by atoms with Crippen molar-refractivity contribution in [3.63, 3.8) is 0 Å². The van der Waals surface area contributed by atoms with Crippen LogP contribution >= 0.6 is 0 Å².